The number of nitrogens with one attached hydrogen (secondary N) is 2. The monoisotopic (exact) mass is 631 g/mol. The van der Waals surface area contributed by atoms with Gasteiger partial charge in [-0.05, 0) is 62.9 Å². The van der Waals surface area contributed by atoms with E-state index in [4.69, 9.17) is 9.47 Å². The van der Waals surface area contributed by atoms with Crippen LogP contribution >= 0.6 is 0 Å². The van der Waals surface area contributed by atoms with Gasteiger partial charge >= 0.3 is 6.18 Å². The van der Waals surface area contributed by atoms with Crippen molar-refractivity contribution >= 4 is 17.7 Å². The summed E-state index contributed by atoms with van der Waals surface area (Å²) in [6.45, 7) is 5.59. The molecular formula is C32H40F3N5O5. The van der Waals surface area contributed by atoms with Crippen molar-refractivity contribution in [2.75, 3.05) is 52.5 Å². The van der Waals surface area contributed by atoms with Crippen LogP contribution in [0.3, 0.4) is 0 Å². The lowest BCUT2D eigenvalue weighted by atomic mass is 9.83. The van der Waals surface area contributed by atoms with Crippen molar-refractivity contribution in [2.45, 2.75) is 62.9 Å². The second kappa shape index (κ2) is 14.7. The summed E-state index contributed by atoms with van der Waals surface area (Å²) in [6, 6.07) is 7.98. The van der Waals surface area contributed by atoms with Gasteiger partial charge in [0.1, 0.15) is 0 Å². The van der Waals surface area contributed by atoms with Crippen LogP contribution in [0.5, 0.6) is 0 Å². The highest BCUT2D eigenvalue weighted by atomic mass is 19.4. The van der Waals surface area contributed by atoms with Crippen LogP contribution in [0.15, 0.2) is 42.6 Å². The number of carbonyl (C=O) groups excluding carboxylic acids is 3. The second-order valence-corrected chi connectivity index (χ2v) is 11.8. The maximum atomic E-state index is 13.0. The van der Waals surface area contributed by atoms with Gasteiger partial charge in [0.2, 0.25) is 5.91 Å². The topological polar surface area (TPSA) is 113 Å². The molecule has 2 N–H and O–H groups in total. The lowest BCUT2D eigenvalue weighted by Crippen LogP contribution is -2.48. The smallest absolute Gasteiger partial charge is 0.378 e. The van der Waals surface area contributed by atoms with E-state index < -0.39 is 23.6 Å². The number of rotatable bonds is 9. The molecule has 1 aliphatic carbocycles. The number of benzene rings is 1. The number of likely N-dealkylation sites (tertiary alicyclic amines) is 1. The first-order chi connectivity index (χ1) is 21.6. The summed E-state index contributed by atoms with van der Waals surface area (Å²) < 4.78 is 50.3. The van der Waals surface area contributed by atoms with Crippen molar-refractivity contribution in [3.63, 3.8) is 0 Å². The molecule has 1 saturated carbocycles. The van der Waals surface area contributed by atoms with Crippen molar-refractivity contribution in [1.29, 1.82) is 0 Å². The first kappa shape index (κ1) is 32.8. The van der Waals surface area contributed by atoms with Crippen LogP contribution in [0, 0.1) is 0 Å². The molecule has 2 atom stereocenters. The van der Waals surface area contributed by atoms with Gasteiger partial charge in [0.15, 0.2) is 0 Å². The van der Waals surface area contributed by atoms with Crippen molar-refractivity contribution in [3.05, 3.63) is 65.0 Å². The molecule has 10 nitrogen and oxygen atoms in total. The van der Waals surface area contributed by atoms with E-state index in [1.54, 1.807) is 11.1 Å². The number of halogens is 3. The third-order valence-corrected chi connectivity index (χ3v) is 8.85. The molecule has 0 spiro atoms. The number of carbonyl (C=O) groups is 3. The standard InChI is InChI=1S/C32H40F3N5O5/c1-2-45-28-20-40(19-27(28)38-29(41)18-37-30(42)22-4-3-5-24(16-22)32(33,34)35)25-9-6-21(7-10-25)26-11-8-23(17-36-26)31(43)39-12-14-44-15-13-39/h3-5,8,11,16-17,21,25,27-28H,2,6-7,9-10,12-15,18-20H2,1H3,(H,37,42)(H,38,41)/t21?,25?,27-,28-/m0/s1. The molecule has 3 fully saturated rings. The molecule has 1 aromatic heterocycles. The Balaban J connectivity index is 1.09. The summed E-state index contributed by atoms with van der Waals surface area (Å²) in [5, 5.41) is 5.36. The van der Waals surface area contributed by atoms with Crippen LogP contribution < -0.4 is 10.6 Å². The molecule has 13 heteroatoms. The van der Waals surface area contributed by atoms with Crippen LogP contribution in [-0.2, 0) is 20.4 Å². The zero-order valence-electron chi connectivity index (χ0n) is 25.4. The molecule has 2 saturated heterocycles. The zero-order chi connectivity index (χ0) is 32.0. The predicted molar refractivity (Wildman–Crippen MR) is 159 cm³/mol. The van der Waals surface area contributed by atoms with Gasteiger partial charge < -0.3 is 25.0 Å². The summed E-state index contributed by atoms with van der Waals surface area (Å²) in [5.41, 5.74) is 0.499. The predicted octanol–water partition coefficient (Wildman–Crippen LogP) is 3.23. The minimum Gasteiger partial charge on any atom is -0.378 e. The van der Waals surface area contributed by atoms with E-state index in [1.165, 1.54) is 6.07 Å². The molecule has 2 aromatic rings. The zero-order valence-corrected chi connectivity index (χ0v) is 25.4. The Bertz CT molecular complexity index is 1330. The lowest BCUT2D eigenvalue weighted by Gasteiger charge is -2.34. The minimum absolute atomic E-state index is 0.0151. The van der Waals surface area contributed by atoms with Gasteiger partial charge in [-0.2, -0.15) is 13.2 Å². The highest BCUT2D eigenvalue weighted by molar-refractivity contribution is 5.96. The summed E-state index contributed by atoms with van der Waals surface area (Å²) in [5.74, 6) is -0.888. The fourth-order valence-electron chi connectivity index (χ4n) is 6.44. The van der Waals surface area contributed by atoms with Gasteiger partial charge in [-0.3, -0.25) is 24.3 Å². The second-order valence-electron chi connectivity index (χ2n) is 11.8. The molecule has 2 aliphatic heterocycles. The van der Waals surface area contributed by atoms with Gasteiger partial charge in [-0.15, -0.1) is 0 Å². The summed E-state index contributed by atoms with van der Waals surface area (Å²) in [7, 11) is 0. The van der Waals surface area contributed by atoms with Crippen LogP contribution in [0.1, 0.15) is 70.5 Å². The molecule has 244 valence electrons. The highest BCUT2D eigenvalue weighted by Crippen LogP contribution is 2.35. The Labute approximate surface area is 260 Å². The molecule has 3 heterocycles. The number of aromatic nitrogens is 1. The normalized spacial score (nSPS) is 24.3. The number of ether oxygens (including phenoxy) is 2. The first-order valence-electron chi connectivity index (χ1n) is 15.6. The van der Waals surface area contributed by atoms with E-state index in [2.05, 4.69) is 20.5 Å². The van der Waals surface area contributed by atoms with Crippen molar-refractivity contribution < 1.29 is 37.0 Å². The molecule has 3 amide bonds. The molecule has 5 rings (SSSR count). The van der Waals surface area contributed by atoms with E-state index in [1.807, 2.05) is 19.1 Å². The van der Waals surface area contributed by atoms with Crippen LogP contribution in [0.2, 0.25) is 0 Å². The Morgan fingerprint density at radius 3 is 2.44 bits per heavy atom. The van der Waals surface area contributed by atoms with Gasteiger partial charge in [0.25, 0.3) is 11.8 Å². The average molecular weight is 632 g/mol. The van der Waals surface area contributed by atoms with E-state index in [-0.39, 0.29) is 30.2 Å². The minimum atomic E-state index is -4.57. The van der Waals surface area contributed by atoms with Gasteiger partial charge in [-0.25, -0.2) is 0 Å². The van der Waals surface area contributed by atoms with Crippen LogP contribution in [0.4, 0.5) is 13.2 Å². The van der Waals surface area contributed by atoms with Crippen molar-refractivity contribution in [3.8, 4) is 0 Å². The molecule has 0 radical (unpaired) electrons. The van der Waals surface area contributed by atoms with Crippen molar-refractivity contribution in [1.82, 2.24) is 25.4 Å². The Morgan fingerprint density at radius 1 is 1.02 bits per heavy atom. The van der Waals surface area contributed by atoms with Crippen LogP contribution in [0.25, 0.3) is 0 Å². The quantitative estimate of drug-likeness (QED) is 0.437. The largest absolute Gasteiger partial charge is 0.416 e. The van der Waals surface area contributed by atoms with Gasteiger partial charge in [0, 0.05) is 62.2 Å². The molecular weight excluding hydrogens is 591 g/mol. The first-order valence-corrected chi connectivity index (χ1v) is 15.6. The summed E-state index contributed by atoms with van der Waals surface area (Å²) in [6.07, 6.45) is 0.755. The maximum Gasteiger partial charge on any atom is 0.416 e. The number of hydrogen-bond donors (Lipinski definition) is 2. The summed E-state index contributed by atoms with van der Waals surface area (Å²) in [4.78, 5) is 46.7. The van der Waals surface area contributed by atoms with E-state index in [0.29, 0.717) is 63.5 Å². The van der Waals surface area contributed by atoms with Crippen LogP contribution in [-0.4, -0.2) is 103 Å². The number of morpholine rings is 1. The number of pyridine rings is 1. The SMILES string of the molecule is CCO[C@H]1CN(C2CCC(c3ccc(C(=O)N4CCOCC4)cn3)CC2)C[C@@H]1NC(=O)CNC(=O)c1cccc(C(F)(F)F)c1. The average Bonchev–Trinajstić information content (AvgIpc) is 3.45. The summed E-state index contributed by atoms with van der Waals surface area (Å²) >= 11 is 0. The third-order valence-electron chi connectivity index (χ3n) is 8.85. The Morgan fingerprint density at radius 2 is 1.78 bits per heavy atom. The number of alkyl halides is 3. The van der Waals surface area contributed by atoms with Crippen molar-refractivity contribution in [2.24, 2.45) is 0 Å². The number of amides is 3. The van der Waals surface area contributed by atoms with E-state index in [9.17, 15) is 27.6 Å². The molecule has 1 aromatic carbocycles. The highest BCUT2D eigenvalue weighted by Gasteiger charge is 2.39. The number of hydrogen-bond acceptors (Lipinski definition) is 7. The molecule has 0 bridgehead atoms. The fourth-order valence-corrected chi connectivity index (χ4v) is 6.44. The fraction of sp³-hybridized carbons (Fsp3) is 0.562. The number of nitrogens with zero attached hydrogens (tertiary/aromatic N) is 3. The molecule has 3 aliphatic rings. The molecule has 45 heavy (non-hydrogen) atoms. The van der Waals surface area contributed by atoms with Gasteiger partial charge in [-0.1, -0.05) is 6.07 Å². The maximum absolute atomic E-state index is 13.0. The Kier molecular flexibility index (Phi) is 10.7. The van der Waals surface area contributed by atoms with E-state index in [0.717, 1.165) is 49.6 Å². The van der Waals surface area contributed by atoms with E-state index >= 15 is 0 Å². The molecule has 0 unspecified atom stereocenters. The van der Waals surface area contributed by atoms with Gasteiger partial charge in [0.05, 0.1) is 43.0 Å². The third kappa shape index (κ3) is 8.39. The lowest BCUT2D eigenvalue weighted by molar-refractivity contribution is -0.137. The Hall–Kier alpha value is -3.55.